The van der Waals surface area contributed by atoms with Gasteiger partial charge in [0.25, 0.3) is 5.91 Å². The number of hydrogen-bond acceptors (Lipinski definition) is 6. The van der Waals surface area contributed by atoms with Crippen molar-refractivity contribution >= 4 is 22.5 Å². The number of fused-ring (bicyclic) bond motifs is 1. The van der Waals surface area contributed by atoms with Gasteiger partial charge >= 0.3 is 0 Å². The first-order valence-electron chi connectivity index (χ1n) is 11.4. The summed E-state index contributed by atoms with van der Waals surface area (Å²) in [5.41, 5.74) is 1.11. The molecule has 0 atom stereocenters. The van der Waals surface area contributed by atoms with Crippen molar-refractivity contribution in [2.45, 2.75) is 63.1 Å². The summed E-state index contributed by atoms with van der Waals surface area (Å²) in [6.07, 6.45) is 7.18. The number of hydrogen-bond donors (Lipinski definition) is 3. The Morgan fingerprint density at radius 2 is 2.00 bits per heavy atom. The Morgan fingerprint density at radius 3 is 2.70 bits per heavy atom. The third-order valence-electron chi connectivity index (χ3n) is 6.54. The average Bonchev–Trinajstić information content (AvgIpc) is 3.51. The van der Waals surface area contributed by atoms with Gasteiger partial charge in [-0.2, -0.15) is 9.83 Å². The molecule has 1 amide bonds. The number of rotatable bonds is 5. The molecule has 2 heterocycles. The highest BCUT2D eigenvalue weighted by molar-refractivity contribution is 6.05. The number of ether oxygens (including phenoxy) is 1. The normalized spacial score (nSPS) is 23.6. The third kappa shape index (κ3) is 4.45. The molecular formula is C24H29N5O4. The Balaban J connectivity index is 1.42. The Kier molecular flexibility index (Phi) is 5.36. The van der Waals surface area contributed by atoms with Crippen molar-refractivity contribution < 1.29 is 19.8 Å². The van der Waals surface area contributed by atoms with Crippen LogP contribution in [0.3, 0.4) is 0 Å². The second-order valence-corrected chi connectivity index (χ2v) is 9.34. The summed E-state index contributed by atoms with van der Waals surface area (Å²) >= 11 is 0. The van der Waals surface area contributed by atoms with Gasteiger partial charge in [-0.3, -0.25) is 14.5 Å². The highest BCUT2D eigenvalue weighted by atomic mass is 16.5. The molecule has 2 saturated carbocycles. The fraction of sp³-hybridized carbons (Fsp3) is 0.458. The number of aromatic nitrogens is 3. The van der Waals surface area contributed by atoms with Crippen molar-refractivity contribution in [1.29, 1.82) is 0 Å². The molecule has 2 fully saturated rings. The summed E-state index contributed by atoms with van der Waals surface area (Å²) in [5, 5.41) is 29.2. The van der Waals surface area contributed by atoms with Crippen molar-refractivity contribution in [2.75, 3.05) is 12.4 Å². The van der Waals surface area contributed by atoms with Crippen molar-refractivity contribution in [3.63, 3.8) is 0 Å². The molecule has 2 aliphatic carbocycles. The van der Waals surface area contributed by atoms with Crippen molar-refractivity contribution in [3.05, 3.63) is 47.7 Å². The van der Waals surface area contributed by atoms with Gasteiger partial charge in [-0.1, -0.05) is 6.07 Å². The highest BCUT2D eigenvalue weighted by Crippen LogP contribution is 2.36. The molecule has 0 spiro atoms. The minimum absolute atomic E-state index is 0.0870. The van der Waals surface area contributed by atoms with Crippen LogP contribution < -0.4 is 15.5 Å². The molecular weight excluding hydrogens is 422 g/mol. The third-order valence-corrected chi connectivity index (χ3v) is 6.54. The number of benzene rings is 1. The van der Waals surface area contributed by atoms with Gasteiger partial charge in [0.15, 0.2) is 5.49 Å². The van der Waals surface area contributed by atoms with Gasteiger partial charge in [-0.15, -0.1) is 0 Å². The van der Waals surface area contributed by atoms with Crippen LogP contribution in [-0.4, -0.2) is 49.5 Å². The van der Waals surface area contributed by atoms with E-state index in [1.54, 1.807) is 31.4 Å². The quantitative estimate of drug-likeness (QED) is 0.515. The lowest BCUT2D eigenvalue weighted by Gasteiger charge is -2.33. The van der Waals surface area contributed by atoms with Crippen LogP contribution in [0.5, 0.6) is 5.75 Å². The predicted molar refractivity (Wildman–Crippen MR) is 123 cm³/mol. The van der Waals surface area contributed by atoms with Crippen LogP contribution in [-0.2, 0) is 0 Å². The number of carbonyl (C=O) groups is 1. The number of amides is 1. The first kappa shape index (κ1) is 21.5. The van der Waals surface area contributed by atoms with Gasteiger partial charge in [-0.25, -0.2) is 0 Å². The summed E-state index contributed by atoms with van der Waals surface area (Å²) in [5.74, 6) is 0.0147. The minimum atomic E-state index is -0.601. The van der Waals surface area contributed by atoms with Gasteiger partial charge in [0.1, 0.15) is 11.4 Å². The molecule has 3 N–H and O–H groups in total. The topological polar surface area (TPSA) is 114 Å². The predicted octanol–water partition coefficient (Wildman–Crippen LogP) is 3.27. The number of pyridine rings is 1. The van der Waals surface area contributed by atoms with E-state index in [-0.39, 0.29) is 17.8 Å². The summed E-state index contributed by atoms with van der Waals surface area (Å²) < 4.78 is 8.28. The monoisotopic (exact) mass is 451 g/mol. The summed E-state index contributed by atoms with van der Waals surface area (Å²) in [6, 6.07) is 9.00. The zero-order valence-electron chi connectivity index (χ0n) is 18.9. The van der Waals surface area contributed by atoms with E-state index >= 15 is 0 Å². The highest BCUT2D eigenvalue weighted by Gasteiger charge is 2.30. The van der Waals surface area contributed by atoms with E-state index in [9.17, 15) is 15.1 Å². The molecule has 0 unspecified atom stereocenters. The van der Waals surface area contributed by atoms with Gasteiger partial charge in [0.2, 0.25) is 0 Å². The Hall–Kier alpha value is -3.33. The van der Waals surface area contributed by atoms with Crippen molar-refractivity contribution in [1.82, 2.24) is 14.5 Å². The molecule has 0 radical (unpaired) electrons. The van der Waals surface area contributed by atoms with Crippen LogP contribution in [0.15, 0.2) is 41.5 Å². The van der Waals surface area contributed by atoms with E-state index < -0.39 is 11.5 Å². The maximum Gasteiger partial charge on any atom is 0.275 e. The fourth-order valence-corrected chi connectivity index (χ4v) is 4.35. The zero-order valence-corrected chi connectivity index (χ0v) is 18.9. The lowest BCUT2D eigenvalue weighted by Crippen LogP contribution is -2.31. The van der Waals surface area contributed by atoms with Gasteiger partial charge in [-0.05, 0) is 63.6 Å². The molecule has 0 bridgehead atoms. The molecule has 174 valence electrons. The molecule has 2 aromatic heterocycles. The first-order valence-corrected chi connectivity index (χ1v) is 11.4. The molecule has 0 saturated heterocycles. The zero-order chi connectivity index (χ0) is 23.2. The van der Waals surface area contributed by atoms with Crippen molar-refractivity contribution in [3.8, 4) is 5.75 Å². The fourth-order valence-electron chi connectivity index (χ4n) is 4.35. The smallest absolute Gasteiger partial charge is 0.275 e. The number of carbonyl (C=O) groups excluding carboxylic acids is 1. The number of anilines is 1. The van der Waals surface area contributed by atoms with Crippen molar-refractivity contribution in [2.24, 2.45) is 4.99 Å². The lowest BCUT2D eigenvalue weighted by molar-refractivity contribution is 0.00859. The first-order chi connectivity index (χ1) is 15.8. The Bertz CT molecular complexity index is 1260. The van der Waals surface area contributed by atoms with Crippen LogP contribution in [0.1, 0.15) is 62.0 Å². The van der Waals surface area contributed by atoms with Crippen LogP contribution in [0, 0.1) is 0 Å². The second-order valence-electron chi connectivity index (χ2n) is 9.34. The summed E-state index contributed by atoms with van der Waals surface area (Å²) in [7, 11) is 1.54. The molecule has 9 heteroatoms. The van der Waals surface area contributed by atoms with E-state index in [0.29, 0.717) is 16.9 Å². The standard InChI is InChI=1S/C24H29N5O4/c1-24(31)10-8-17(9-11-24)28-14-15-12-19(21(33-2)13-18(15)27-28)26-23(30)20-4-3-5-22(29(20)32)25-16-6-7-16/h3-5,12-14,16-17,31-32H,6-11H2,1-2H3,(H,26,30). The Labute approximate surface area is 191 Å². The Morgan fingerprint density at radius 1 is 1.24 bits per heavy atom. The van der Waals surface area contributed by atoms with Crippen LogP contribution in [0.4, 0.5) is 5.69 Å². The lowest BCUT2D eigenvalue weighted by atomic mass is 9.84. The number of aliphatic hydroxyl groups is 1. The maximum atomic E-state index is 13.0. The molecule has 1 aromatic carbocycles. The summed E-state index contributed by atoms with van der Waals surface area (Å²) in [6.45, 7) is 1.88. The van der Waals surface area contributed by atoms with Gasteiger partial charge in [0.05, 0.1) is 36.0 Å². The molecule has 9 nitrogen and oxygen atoms in total. The van der Waals surface area contributed by atoms with E-state index in [4.69, 9.17) is 9.84 Å². The van der Waals surface area contributed by atoms with Gasteiger partial charge in [0, 0.05) is 17.6 Å². The summed E-state index contributed by atoms with van der Waals surface area (Å²) in [4.78, 5) is 17.4. The van der Waals surface area contributed by atoms with Gasteiger partial charge < -0.3 is 20.4 Å². The molecule has 5 rings (SSSR count). The van der Waals surface area contributed by atoms with E-state index in [0.717, 1.165) is 54.2 Å². The van der Waals surface area contributed by atoms with E-state index in [1.165, 1.54) is 0 Å². The second kappa shape index (κ2) is 8.22. The van der Waals surface area contributed by atoms with E-state index in [1.807, 2.05) is 23.9 Å². The minimum Gasteiger partial charge on any atom is -0.494 e. The molecule has 0 aliphatic heterocycles. The van der Waals surface area contributed by atoms with Crippen LogP contribution in [0.2, 0.25) is 0 Å². The average molecular weight is 452 g/mol. The molecule has 2 aliphatic rings. The van der Waals surface area contributed by atoms with Crippen LogP contribution >= 0.6 is 0 Å². The molecule has 33 heavy (non-hydrogen) atoms. The largest absolute Gasteiger partial charge is 0.494 e. The number of nitrogens with one attached hydrogen (secondary N) is 1. The van der Waals surface area contributed by atoms with Crippen LogP contribution in [0.25, 0.3) is 10.9 Å². The SMILES string of the molecule is COc1cc2nn(C3CCC(C)(O)CC3)cc2cc1NC(=O)c1cccc(=NC2CC2)n1O. The molecule has 3 aromatic rings. The maximum absolute atomic E-state index is 13.0. The number of methoxy groups -OCH3 is 1. The number of nitrogens with zero attached hydrogens (tertiary/aromatic N) is 4. The van der Waals surface area contributed by atoms with E-state index in [2.05, 4.69) is 10.3 Å².